The van der Waals surface area contributed by atoms with Crippen LogP contribution in [0.3, 0.4) is 0 Å². The van der Waals surface area contributed by atoms with E-state index in [0.717, 1.165) is 6.42 Å². The van der Waals surface area contributed by atoms with Gasteiger partial charge in [0, 0.05) is 18.8 Å². The van der Waals surface area contributed by atoms with E-state index in [-0.39, 0.29) is 5.78 Å². The smallest absolute Gasteiger partial charge is 0.202 e. The molecule has 0 spiro atoms. The van der Waals surface area contributed by atoms with Gasteiger partial charge in [-0.15, -0.1) is 0 Å². The monoisotopic (exact) mass is 165 g/mol. The number of hydrogen-bond acceptors (Lipinski definition) is 2. The zero-order valence-corrected chi connectivity index (χ0v) is 7.37. The number of carbonyl (C=O) groups is 1. The average molecular weight is 165 g/mol. The number of hydrogen-bond donors (Lipinski definition) is 1. The van der Waals surface area contributed by atoms with Crippen LogP contribution in [0.15, 0.2) is 12.4 Å². The van der Waals surface area contributed by atoms with Crippen molar-refractivity contribution < 1.29 is 4.79 Å². The van der Waals surface area contributed by atoms with Gasteiger partial charge in [-0.1, -0.05) is 20.3 Å². The number of nitrogens with one attached hydrogen (secondary N) is 1. The third kappa shape index (κ3) is 2.19. The Morgan fingerprint density at radius 1 is 1.83 bits per heavy atom. The second-order valence-corrected chi connectivity index (χ2v) is 2.85. The van der Waals surface area contributed by atoms with E-state index in [9.17, 15) is 4.79 Å². The highest BCUT2D eigenvalue weighted by Crippen LogP contribution is 2.08. The van der Waals surface area contributed by atoms with E-state index >= 15 is 0 Å². The molecule has 1 N–H and O–H groups in total. The Morgan fingerprint density at radius 2 is 2.58 bits per heavy atom. The zero-order valence-electron chi connectivity index (χ0n) is 7.37. The lowest BCUT2D eigenvalue weighted by Crippen LogP contribution is -2.07. The average Bonchev–Trinajstić information content (AvgIpc) is 2.56. The van der Waals surface area contributed by atoms with Crippen LogP contribution in [-0.2, 0) is 0 Å². The van der Waals surface area contributed by atoms with Gasteiger partial charge in [-0.2, -0.15) is 0 Å². The summed E-state index contributed by atoms with van der Waals surface area (Å²) in [5, 5.41) is 0. The highest BCUT2D eigenvalue weighted by atomic mass is 16.1. The van der Waals surface area contributed by atoms with Crippen molar-refractivity contribution in [3.8, 4) is 0 Å². The van der Waals surface area contributed by atoms with Crippen LogP contribution in [0.25, 0.3) is 0 Å². The Bertz CT molecular complexity index is 241. The molecular weight excluding hydrogens is 152 g/mol. The van der Waals surface area contributed by atoms with Crippen molar-refractivity contribution in [2.45, 2.75) is 20.3 Å². The number of nitrogens with zero attached hydrogens (tertiary/aromatic N) is 1. The molecule has 65 valence electrons. The summed E-state index contributed by atoms with van der Waals surface area (Å²) in [7, 11) is 0. The maximum Gasteiger partial charge on any atom is 0.202 e. The first-order valence-electron chi connectivity index (χ1n) is 4.12. The van der Waals surface area contributed by atoms with E-state index in [0.29, 0.717) is 11.7 Å². The Kier molecular flexibility index (Phi) is 3.02. The lowest BCUT2D eigenvalue weighted by molar-refractivity contribution is 0.101. The lowest BCUT2D eigenvalue weighted by Gasteiger charge is -2.03. The summed E-state index contributed by atoms with van der Waals surface area (Å²) in [6, 6.07) is 0. The van der Waals surface area contributed by atoms with Crippen molar-refractivity contribution in [2.24, 2.45) is 5.92 Å². The highest BCUT2D eigenvalue weighted by molar-refractivity contribution is 5.99. The van der Waals surface area contributed by atoms with Crippen LogP contribution in [0, 0.1) is 12.3 Å². The van der Waals surface area contributed by atoms with Crippen molar-refractivity contribution in [2.75, 3.05) is 0 Å². The summed E-state index contributed by atoms with van der Waals surface area (Å²) in [6.45, 7) is 4.07. The molecule has 1 aromatic heterocycles. The summed E-state index contributed by atoms with van der Waals surface area (Å²) in [5.41, 5.74) is 0. The van der Waals surface area contributed by atoms with Gasteiger partial charge in [0.1, 0.15) is 0 Å². The lowest BCUT2D eigenvalue weighted by atomic mass is 10.0. The van der Waals surface area contributed by atoms with Gasteiger partial charge >= 0.3 is 0 Å². The second-order valence-electron chi connectivity index (χ2n) is 2.85. The standard InChI is InChI=1S/C9H13N2O/c1-3-7(2)6-8(12)9-10-4-5-11-9/h4-7H,3H2,1-2H3,(H,10,11). The zero-order chi connectivity index (χ0) is 8.97. The van der Waals surface area contributed by atoms with Crippen molar-refractivity contribution in [3.05, 3.63) is 24.6 Å². The van der Waals surface area contributed by atoms with Gasteiger partial charge in [0.05, 0.1) is 0 Å². The minimum atomic E-state index is -0.0191. The molecule has 1 unspecified atom stereocenters. The van der Waals surface area contributed by atoms with E-state index in [4.69, 9.17) is 0 Å². The molecule has 0 aromatic carbocycles. The van der Waals surface area contributed by atoms with Crippen molar-refractivity contribution in [1.82, 2.24) is 9.97 Å². The first-order chi connectivity index (χ1) is 5.74. The molecule has 1 atom stereocenters. The number of Topliss-reactive ketones (excluding diaryl/α,β-unsaturated/α-hetero) is 1. The van der Waals surface area contributed by atoms with Gasteiger partial charge in [0.25, 0.3) is 0 Å². The van der Waals surface area contributed by atoms with Gasteiger partial charge in [-0.25, -0.2) is 4.98 Å². The Morgan fingerprint density at radius 3 is 3.08 bits per heavy atom. The summed E-state index contributed by atoms with van der Waals surface area (Å²) >= 11 is 0. The van der Waals surface area contributed by atoms with E-state index in [2.05, 4.69) is 16.9 Å². The van der Waals surface area contributed by atoms with Crippen LogP contribution < -0.4 is 0 Å². The number of aromatic amines is 1. The minimum Gasteiger partial charge on any atom is -0.342 e. The quantitative estimate of drug-likeness (QED) is 0.692. The molecule has 0 aliphatic carbocycles. The Hall–Kier alpha value is -1.12. The minimum absolute atomic E-state index is 0.0191. The second kappa shape index (κ2) is 4.04. The first kappa shape index (κ1) is 8.97. The third-order valence-corrected chi connectivity index (χ3v) is 1.81. The molecule has 3 heteroatoms. The summed E-state index contributed by atoms with van der Waals surface area (Å²) < 4.78 is 0. The SMILES string of the molecule is CCC(C)[CH]C(=O)c1ncc[nH]1. The number of imidazole rings is 1. The topological polar surface area (TPSA) is 45.8 Å². The van der Waals surface area contributed by atoms with Gasteiger partial charge in [-0.05, 0) is 5.92 Å². The molecule has 12 heavy (non-hydrogen) atoms. The molecule has 1 radical (unpaired) electrons. The molecule has 1 rings (SSSR count). The van der Waals surface area contributed by atoms with Crippen LogP contribution in [0.4, 0.5) is 0 Å². The normalized spacial score (nSPS) is 12.8. The molecule has 0 bridgehead atoms. The maximum atomic E-state index is 11.3. The predicted molar refractivity (Wildman–Crippen MR) is 46.7 cm³/mol. The van der Waals surface area contributed by atoms with E-state index in [1.165, 1.54) is 0 Å². The molecular formula is C9H13N2O. The maximum absolute atomic E-state index is 11.3. The fourth-order valence-corrected chi connectivity index (χ4v) is 0.855. The molecule has 0 aliphatic heterocycles. The number of rotatable bonds is 4. The number of carbonyl (C=O) groups excluding carboxylic acids is 1. The Labute approximate surface area is 72.2 Å². The summed E-state index contributed by atoms with van der Waals surface area (Å²) in [5.74, 6) is 0.729. The van der Waals surface area contributed by atoms with E-state index in [1.54, 1.807) is 18.8 Å². The molecule has 0 saturated heterocycles. The van der Waals surface area contributed by atoms with Gasteiger partial charge < -0.3 is 4.98 Å². The van der Waals surface area contributed by atoms with Gasteiger partial charge in [0.2, 0.25) is 5.78 Å². The van der Waals surface area contributed by atoms with E-state index < -0.39 is 0 Å². The number of aromatic nitrogens is 2. The summed E-state index contributed by atoms with van der Waals surface area (Å²) in [6.07, 6.45) is 5.90. The molecule has 0 aliphatic rings. The van der Waals surface area contributed by atoms with Gasteiger partial charge in [-0.3, -0.25) is 4.79 Å². The number of ketones is 1. The molecule has 0 amide bonds. The van der Waals surface area contributed by atoms with Crippen molar-refractivity contribution in [1.29, 1.82) is 0 Å². The molecule has 3 nitrogen and oxygen atoms in total. The number of H-pyrrole nitrogens is 1. The van der Waals surface area contributed by atoms with E-state index in [1.807, 2.05) is 6.92 Å². The van der Waals surface area contributed by atoms with Crippen molar-refractivity contribution >= 4 is 5.78 Å². The Balaban J connectivity index is 2.50. The van der Waals surface area contributed by atoms with Gasteiger partial charge in [0.15, 0.2) is 5.82 Å². The predicted octanol–water partition coefficient (Wildman–Crippen LogP) is 1.84. The molecule has 1 aromatic rings. The van der Waals surface area contributed by atoms with Crippen LogP contribution in [-0.4, -0.2) is 15.8 Å². The molecule has 1 heterocycles. The fraction of sp³-hybridized carbons (Fsp3) is 0.444. The highest BCUT2D eigenvalue weighted by Gasteiger charge is 2.11. The van der Waals surface area contributed by atoms with Crippen LogP contribution in [0.5, 0.6) is 0 Å². The van der Waals surface area contributed by atoms with Crippen LogP contribution in [0.1, 0.15) is 30.9 Å². The van der Waals surface area contributed by atoms with Crippen LogP contribution >= 0.6 is 0 Å². The largest absolute Gasteiger partial charge is 0.342 e. The third-order valence-electron chi connectivity index (χ3n) is 1.81. The fourth-order valence-electron chi connectivity index (χ4n) is 0.855. The van der Waals surface area contributed by atoms with Crippen LogP contribution in [0.2, 0.25) is 0 Å². The molecule has 0 fully saturated rings. The molecule has 0 saturated carbocycles. The van der Waals surface area contributed by atoms with Crippen molar-refractivity contribution in [3.63, 3.8) is 0 Å². The first-order valence-corrected chi connectivity index (χ1v) is 4.12. The summed E-state index contributed by atoms with van der Waals surface area (Å²) in [4.78, 5) is 18.0.